The molecule has 0 N–H and O–H groups in total. The van der Waals surface area contributed by atoms with Gasteiger partial charge in [-0.3, -0.25) is 0 Å². The Labute approximate surface area is 133 Å². The summed E-state index contributed by atoms with van der Waals surface area (Å²) in [7, 11) is 0. The van der Waals surface area contributed by atoms with Gasteiger partial charge in [-0.25, -0.2) is 0 Å². The summed E-state index contributed by atoms with van der Waals surface area (Å²) in [5, 5.41) is 0. The predicted octanol–water partition coefficient (Wildman–Crippen LogP) is 1.96. The Balaban J connectivity index is 1.56. The third kappa shape index (κ3) is 6.10. The first-order valence-electron chi connectivity index (χ1n) is 8.05. The zero-order valence-electron chi connectivity index (χ0n) is 14.4. The normalized spacial score (nSPS) is 26.5. The smallest absolute Gasteiger partial charge is 0.163 e. The van der Waals surface area contributed by atoms with Crippen molar-refractivity contribution in [3.63, 3.8) is 0 Å². The van der Waals surface area contributed by atoms with Gasteiger partial charge in [0.25, 0.3) is 0 Å². The third-order valence-corrected chi connectivity index (χ3v) is 3.70. The summed E-state index contributed by atoms with van der Waals surface area (Å²) >= 11 is 0. The maximum absolute atomic E-state index is 5.82. The van der Waals surface area contributed by atoms with Crippen molar-refractivity contribution in [2.24, 2.45) is 5.92 Å². The average Bonchev–Trinajstić information content (AvgIpc) is 2.45. The maximum atomic E-state index is 5.82. The van der Waals surface area contributed by atoms with Gasteiger partial charge >= 0.3 is 0 Å². The molecule has 2 heterocycles. The summed E-state index contributed by atoms with van der Waals surface area (Å²) in [6.45, 7) is 13.3. The van der Waals surface area contributed by atoms with Gasteiger partial charge in [-0.1, -0.05) is 6.92 Å². The summed E-state index contributed by atoms with van der Waals surface area (Å²) in [6.07, 6.45) is -0.00440. The maximum Gasteiger partial charge on any atom is 0.163 e. The molecule has 0 atom stereocenters. The van der Waals surface area contributed by atoms with Crippen LogP contribution in [0.2, 0.25) is 0 Å². The van der Waals surface area contributed by atoms with Crippen LogP contribution in [0.3, 0.4) is 0 Å². The van der Waals surface area contributed by atoms with Crippen molar-refractivity contribution in [2.45, 2.75) is 58.4 Å². The van der Waals surface area contributed by atoms with E-state index in [0.717, 1.165) is 0 Å². The highest BCUT2D eigenvalue weighted by atomic mass is 16.7. The van der Waals surface area contributed by atoms with Crippen LogP contribution in [0.25, 0.3) is 0 Å². The van der Waals surface area contributed by atoms with E-state index >= 15 is 0 Å². The minimum absolute atomic E-state index is 0.00220. The molecule has 130 valence electrons. The van der Waals surface area contributed by atoms with Crippen LogP contribution in [0.1, 0.15) is 34.6 Å². The summed E-state index contributed by atoms with van der Waals surface area (Å²) in [6, 6.07) is 0. The summed E-state index contributed by atoms with van der Waals surface area (Å²) in [5.41, 5.74) is 0. The van der Waals surface area contributed by atoms with Gasteiger partial charge in [-0.2, -0.15) is 0 Å². The van der Waals surface area contributed by atoms with Gasteiger partial charge in [-0.05, 0) is 27.7 Å². The lowest BCUT2D eigenvalue weighted by molar-refractivity contribution is -0.284. The summed E-state index contributed by atoms with van der Waals surface area (Å²) < 4.78 is 33.9. The highest BCUT2D eigenvalue weighted by Gasteiger charge is 2.30. The van der Waals surface area contributed by atoms with Crippen molar-refractivity contribution >= 4 is 0 Å². The second-order valence-corrected chi connectivity index (χ2v) is 7.06. The molecular weight excluding hydrogens is 288 g/mol. The van der Waals surface area contributed by atoms with E-state index in [9.17, 15) is 0 Å². The third-order valence-electron chi connectivity index (χ3n) is 3.70. The SMILES string of the molecule is CC(COC1COC(C)(C)OC1)COC1COC(C)(C)OC1. The number of ether oxygens (including phenoxy) is 6. The largest absolute Gasteiger partial charge is 0.373 e. The minimum atomic E-state index is -0.497. The molecular formula is C16H30O6. The molecule has 0 saturated carbocycles. The van der Waals surface area contributed by atoms with Gasteiger partial charge in [0.1, 0.15) is 12.2 Å². The Bertz CT molecular complexity index is 292. The second-order valence-electron chi connectivity index (χ2n) is 7.06. The average molecular weight is 318 g/mol. The van der Waals surface area contributed by atoms with E-state index in [2.05, 4.69) is 6.92 Å². The second kappa shape index (κ2) is 7.55. The zero-order chi connectivity index (χ0) is 16.2. The Hall–Kier alpha value is -0.240. The molecule has 0 aromatic heterocycles. The Morgan fingerprint density at radius 1 is 0.773 bits per heavy atom. The molecule has 2 aliphatic heterocycles. The first kappa shape index (κ1) is 18.1. The van der Waals surface area contributed by atoms with Crippen molar-refractivity contribution in [1.82, 2.24) is 0 Å². The van der Waals surface area contributed by atoms with Gasteiger partial charge in [0.2, 0.25) is 0 Å². The highest BCUT2D eigenvalue weighted by molar-refractivity contribution is 4.69. The quantitative estimate of drug-likeness (QED) is 0.746. The van der Waals surface area contributed by atoms with E-state index in [1.165, 1.54) is 0 Å². The van der Waals surface area contributed by atoms with Gasteiger partial charge in [0.05, 0.1) is 39.6 Å². The highest BCUT2D eigenvalue weighted by Crippen LogP contribution is 2.20. The fraction of sp³-hybridized carbons (Fsp3) is 1.00. The molecule has 22 heavy (non-hydrogen) atoms. The lowest BCUT2D eigenvalue weighted by Crippen LogP contribution is -2.44. The molecule has 6 heteroatoms. The van der Waals surface area contributed by atoms with Crippen LogP contribution in [0.5, 0.6) is 0 Å². The topological polar surface area (TPSA) is 55.4 Å². The molecule has 2 saturated heterocycles. The van der Waals surface area contributed by atoms with Crippen molar-refractivity contribution in [1.29, 1.82) is 0 Å². The number of hydrogen-bond donors (Lipinski definition) is 0. The van der Waals surface area contributed by atoms with Crippen molar-refractivity contribution < 1.29 is 28.4 Å². The molecule has 0 unspecified atom stereocenters. The Morgan fingerprint density at radius 2 is 1.09 bits per heavy atom. The van der Waals surface area contributed by atoms with Crippen LogP contribution in [0.15, 0.2) is 0 Å². The molecule has 0 spiro atoms. The number of rotatable bonds is 6. The van der Waals surface area contributed by atoms with Gasteiger partial charge in [-0.15, -0.1) is 0 Å². The monoisotopic (exact) mass is 318 g/mol. The van der Waals surface area contributed by atoms with E-state index in [-0.39, 0.29) is 12.2 Å². The lowest BCUT2D eigenvalue weighted by atomic mass is 10.2. The van der Waals surface area contributed by atoms with Crippen molar-refractivity contribution in [3.8, 4) is 0 Å². The van der Waals surface area contributed by atoms with Crippen molar-refractivity contribution in [3.05, 3.63) is 0 Å². The van der Waals surface area contributed by atoms with Crippen LogP contribution in [-0.2, 0) is 28.4 Å². The fourth-order valence-corrected chi connectivity index (χ4v) is 2.20. The molecule has 0 bridgehead atoms. The van der Waals surface area contributed by atoms with E-state index < -0.39 is 11.6 Å². The first-order valence-corrected chi connectivity index (χ1v) is 8.05. The summed E-state index contributed by atoms with van der Waals surface area (Å²) in [5.74, 6) is -0.697. The van der Waals surface area contributed by atoms with E-state index in [4.69, 9.17) is 28.4 Å². The molecule has 6 nitrogen and oxygen atoms in total. The van der Waals surface area contributed by atoms with E-state index in [1.807, 2.05) is 27.7 Å². The molecule has 2 fully saturated rings. The van der Waals surface area contributed by atoms with Crippen molar-refractivity contribution in [2.75, 3.05) is 39.6 Å². The molecule has 0 aliphatic carbocycles. The van der Waals surface area contributed by atoms with Gasteiger partial charge in [0.15, 0.2) is 11.6 Å². The number of hydrogen-bond acceptors (Lipinski definition) is 6. The van der Waals surface area contributed by atoms with Crippen LogP contribution in [-0.4, -0.2) is 63.4 Å². The standard InChI is InChI=1S/C16H30O6/c1-12(6-17-13-8-19-15(2,3)20-9-13)7-18-14-10-21-16(4,5)22-11-14/h12-14H,6-11H2,1-5H3. The Kier molecular flexibility index (Phi) is 6.22. The molecule has 2 rings (SSSR count). The van der Waals surface area contributed by atoms with Crippen LogP contribution < -0.4 is 0 Å². The van der Waals surface area contributed by atoms with E-state index in [1.54, 1.807) is 0 Å². The molecule has 0 radical (unpaired) electrons. The van der Waals surface area contributed by atoms with Gasteiger partial charge < -0.3 is 28.4 Å². The lowest BCUT2D eigenvalue weighted by Gasteiger charge is -2.36. The molecule has 0 amide bonds. The van der Waals surface area contributed by atoms with Gasteiger partial charge in [0, 0.05) is 5.92 Å². The van der Waals surface area contributed by atoms with Crippen LogP contribution in [0.4, 0.5) is 0 Å². The first-order chi connectivity index (χ1) is 10.3. The fourth-order valence-electron chi connectivity index (χ4n) is 2.20. The molecule has 0 aromatic carbocycles. The van der Waals surface area contributed by atoms with Crippen LogP contribution >= 0.6 is 0 Å². The minimum Gasteiger partial charge on any atom is -0.373 e. The zero-order valence-corrected chi connectivity index (χ0v) is 14.4. The molecule has 0 aromatic rings. The van der Waals surface area contributed by atoms with E-state index in [0.29, 0.717) is 45.6 Å². The van der Waals surface area contributed by atoms with Crippen LogP contribution in [0, 0.1) is 5.92 Å². The Morgan fingerprint density at radius 3 is 1.41 bits per heavy atom. The predicted molar refractivity (Wildman–Crippen MR) is 80.6 cm³/mol. The molecule has 2 aliphatic rings. The summed E-state index contributed by atoms with van der Waals surface area (Å²) in [4.78, 5) is 0.